The Labute approximate surface area is 107 Å². The number of β-amino-alcohol motifs (C(OH)–C–C–N with tert-alkyl or cyclic N) is 1. The van der Waals surface area contributed by atoms with Gasteiger partial charge in [-0.15, -0.1) is 0 Å². The van der Waals surface area contributed by atoms with E-state index in [9.17, 15) is 9.50 Å². The molecule has 4 heteroatoms. The van der Waals surface area contributed by atoms with Crippen molar-refractivity contribution in [1.29, 1.82) is 0 Å². The fourth-order valence-electron chi connectivity index (χ4n) is 2.51. The molecule has 1 atom stereocenters. The molecule has 1 saturated carbocycles. The lowest BCUT2D eigenvalue weighted by Gasteiger charge is -2.22. The normalized spacial score (nSPS) is 23.7. The number of aliphatic hydroxyl groups excluding tert-OH is 1. The lowest BCUT2D eigenvalue weighted by molar-refractivity contribution is 0.198. The van der Waals surface area contributed by atoms with E-state index in [2.05, 4.69) is 10.2 Å². The van der Waals surface area contributed by atoms with Gasteiger partial charge in [-0.2, -0.15) is 0 Å². The van der Waals surface area contributed by atoms with Crippen molar-refractivity contribution in [3.8, 4) is 0 Å². The summed E-state index contributed by atoms with van der Waals surface area (Å²) in [5.41, 5.74) is 1.67. The van der Waals surface area contributed by atoms with Gasteiger partial charge in [0.15, 0.2) is 0 Å². The maximum atomic E-state index is 13.9. The zero-order valence-electron chi connectivity index (χ0n) is 10.4. The molecule has 1 saturated heterocycles. The Hall–Kier alpha value is -1.13. The van der Waals surface area contributed by atoms with Crippen LogP contribution in [0.3, 0.4) is 0 Å². The fraction of sp³-hybridized carbons (Fsp3) is 0.571. The molecule has 1 aromatic carbocycles. The average molecular weight is 250 g/mol. The van der Waals surface area contributed by atoms with Crippen LogP contribution < -0.4 is 10.2 Å². The third kappa shape index (κ3) is 2.49. The second kappa shape index (κ2) is 4.86. The van der Waals surface area contributed by atoms with Gasteiger partial charge in [-0.3, -0.25) is 0 Å². The van der Waals surface area contributed by atoms with Crippen LogP contribution >= 0.6 is 0 Å². The van der Waals surface area contributed by atoms with E-state index in [-0.39, 0.29) is 11.9 Å². The molecule has 18 heavy (non-hydrogen) atoms. The summed E-state index contributed by atoms with van der Waals surface area (Å²) in [5, 5.41) is 13.0. The van der Waals surface area contributed by atoms with Gasteiger partial charge in [0.2, 0.25) is 0 Å². The molecule has 98 valence electrons. The molecule has 1 unspecified atom stereocenters. The molecule has 1 aromatic rings. The van der Waals surface area contributed by atoms with Crippen molar-refractivity contribution in [1.82, 2.24) is 5.32 Å². The van der Waals surface area contributed by atoms with E-state index in [1.165, 1.54) is 18.9 Å². The maximum absolute atomic E-state index is 13.9. The van der Waals surface area contributed by atoms with Crippen LogP contribution in [0.25, 0.3) is 0 Å². The molecule has 1 aliphatic carbocycles. The predicted octanol–water partition coefficient (Wildman–Crippen LogP) is 1.65. The van der Waals surface area contributed by atoms with Gasteiger partial charge in [0.1, 0.15) is 5.82 Å². The second-order valence-corrected chi connectivity index (χ2v) is 5.28. The molecule has 2 N–H and O–H groups in total. The maximum Gasteiger partial charge on any atom is 0.129 e. The van der Waals surface area contributed by atoms with Crippen LogP contribution in [-0.2, 0) is 6.54 Å². The highest BCUT2D eigenvalue weighted by molar-refractivity contribution is 5.55. The lowest BCUT2D eigenvalue weighted by Crippen LogP contribution is -2.25. The van der Waals surface area contributed by atoms with E-state index >= 15 is 0 Å². The van der Waals surface area contributed by atoms with Crippen molar-refractivity contribution in [2.45, 2.75) is 38.0 Å². The van der Waals surface area contributed by atoms with Gasteiger partial charge in [0.05, 0.1) is 6.10 Å². The number of halogens is 1. The number of hydrogen-bond acceptors (Lipinski definition) is 3. The minimum atomic E-state index is -0.280. The van der Waals surface area contributed by atoms with E-state index in [0.717, 1.165) is 24.2 Å². The van der Waals surface area contributed by atoms with Gasteiger partial charge >= 0.3 is 0 Å². The predicted molar refractivity (Wildman–Crippen MR) is 69.1 cm³/mol. The van der Waals surface area contributed by atoms with Crippen molar-refractivity contribution in [2.24, 2.45) is 0 Å². The van der Waals surface area contributed by atoms with Crippen molar-refractivity contribution < 1.29 is 9.50 Å². The third-order valence-electron chi connectivity index (χ3n) is 3.74. The number of nitrogens with zero attached hydrogens (tertiary/aromatic N) is 1. The largest absolute Gasteiger partial charge is 0.391 e. The Bertz CT molecular complexity index is 434. The van der Waals surface area contributed by atoms with Crippen LogP contribution in [0.15, 0.2) is 18.2 Å². The van der Waals surface area contributed by atoms with E-state index in [1.54, 1.807) is 6.07 Å². The van der Waals surface area contributed by atoms with E-state index < -0.39 is 0 Å². The topological polar surface area (TPSA) is 35.5 Å². The highest BCUT2D eigenvalue weighted by atomic mass is 19.1. The van der Waals surface area contributed by atoms with Gasteiger partial charge in [0, 0.05) is 36.9 Å². The van der Waals surface area contributed by atoms with Crippen LogP contribution in [0.4, 0.5) is 10.1 Å². The quantitative estimate of drug-likeness (QED) is 0.853. The van der Waals surface area contributed by atoms with Crippen molar-refractivity contribution in [3.63, 3.8) is 0 Å². The zero-order valence-corrected chi connectivity index (χ0v) is 10.4. The molecular formula is C14H19FN2O. The Morgan fingerprint density at radius 1 is 1.33 bits per heavy atom. The van der Waals surface area contributed by atoms with Crippen LogP contribution in [0.1, 0.15) is 24.8 Å². The smallest absolute Gasteiger partial charge is 0.129 e. The first-order valence-electron chi connectivity index (χ1n) is 6.68. The molecule has 0 spiro atoms. The number of hydrogen-bond donors (Lipinski definition) is 2. The molecule has 1 heterocycles. The van der Waals surface area contributed by atoms with Gasteiger partial charge in [0.25, 0.3) is 0 Å². The number of anilines is 1. The number of nitrogens with one attached hydrogen (secondary N) is 1. The van der Waals surface area contributed by atoms with Crippen LogP contribution in [0, 0.1) is 5.82 Å². The summed E-state index contributed by atoms with van der Waals surface area (Å²) in [7, 11) is 0. The highest BCUT2D eigenvalue weighted by Gasteiger charge is 2.25. The summed E-state index contributed by atoms with van der Waals surface area (Å²) in [4.78, 5) is 2.08. The lowest BCUT2D eigenvalue weighted by atomic mass is 10.1. The number of rotatable bonds is 4. The minimum Gasteiger partial charge on any atom is -0.391 e. The molecular weight excluding hydrogens is 231 g/mol. The first-order chi connectivity index (χ1) is 8.74. The minimum absolute atomic E-state index is 0.151. The van der Waals surface area contributed by atoms with Crippen molar-refractivity contribution in [3.05, 3.63) is 29.6 Å². The Kier molecular flexibility index (Phi) is 3.22. The zero-order chi connectivity index (χ0) is 12.5. The van der Waals surface area contributed by atoms with Gasteiger partial charge in [-0.05, 0) is 31.4 Å². The Morgan fingerprint density at radius 3 is 2.83 bits per heavy atom. The van der Waals surface area contributed by atoms with Crippen molar-refractivity contribution >= 4 is 5.69 Å². The molecule has 3 nitrogen and oxygen atoms in total. The molecule has 2 aliphatic rings. The Morgan fingerprint density at radius 2 is 2.17 bits per heavy atom. The number of benzene rings is 1. The standard InChI is InChI=1S/C14H19FN2O/c15-13-2-1-3-14(17-7-6-11(18)9-17)12(13)8-16-10-4-5-10/h1-3,10-11,16,18H,4-9H2. The molecule has 2 fully saturated rings. The Balaban J connectivity index is 1.80. The third-order valence-corrected chi connectivity index (χ3v) is 3.74. The monoisotopic (exact) mass is 250 g/mol. The van der Waals surface area contributed by atoms with E-state index in [4.69, 9.17) is 0 Å². The van der Waals surface area contributed by atoms with E-state index in [0.29, 0.717) is 19.1 Å². The first kappa shape index (κ1) is 11.9. The summed E-state index contributed by atoms with van der Waals surface area (Å²) in [5.74, 6) is -0.151. The molecule has 1 aliphatic heterocycles. The molecule has 0 amide bonds. The van der Waals surface area contributed by atoms with Gasteiger partial charge < -0.3 is 15.3 Å². The van der Waals surface area contributed by atoms with E-state index in [1.807, 2.05) is 6.07 Å². The fourth-order valence-corrected chi connectivity index (χ4v) is 2.51. The molecule has 0 aromatic heterocycles. The second-order valence-electron chi connectivity index (χ2n) is 5.28. The van der Waals surface area contributed by atoms with Crippen LogP contribution in [0.5, 0.6) is 0 Å². The highest BCUT2D eigenvalue weighted by Crippen LogP contribution is 2.28. The van der Waals surface area contributed by atoms with Crippen molar-refractivity contribution in [2.75, 3.05) is 18.0 Å². The van der Waals surface area contributed by atoms with Gasteiger partial charge in [-0.25, -0.2) is 4.39 Å². The summed E-state index contributed by atoms with van der Waals surface area (Å²) in [6, 6.07) is 5.78. The average Bonchev–Trinajstić information content (AvgIpc) is 3.08. The number of aliphatic hydroxyl groups is 1. The summed E-state index contributed by atoms with van der Waals surface area (Å²) in [6.45, 7) is 2.00. The first-order valence-corrected chi connectivity index (χ1v) is 6.68. The summed E-state index contributed by atoms with van der Waals surface area (Å²) in [6.07, 6.45) is 2.89. The molecule has 0 bridgehead atoms. The van der Waals surface area contributed by atoms with Crippen LogP contribution in [-0.4, -0.2) is 30.3 Å². The van der Waals surface area contributed by atoms with Crippen LogP contribution in [0.2, 0.25) is 0 Å². The SMILES string of the molecule is OC1CCN(c2cccc(F)c2CNC2CC2)C1. The molecule has 3 rings (SSSR count). The molecule has 0 radical (unpaired) electrons. The summed E-state index contributed by atoms with van der Waals surface area (Å²) >= 11 is 0. The van der Waals surface area contributed by atoms with Gasteiger partial charge in [-0.1, -0.05) is 6.07 Å². The summed E-state index contributed by atoms with van der Waals surface area (Å²) < 4.78 is 13.9.